The predicted molar refractivity (Wildman–Crippen MR) is 96.0 cm³/mol. The van der Waals surface area contributed by atoms with Gasteiger partial charge in [0.25, 0.3) is 17.5 Å². The van der Waals surface area contributed by atoms with Crippen molar-refractivity contribution in [1.29, 1.82) is 0 Å². The fraction of sp³-hybridized carbons (Fsp3) is 0.500. The molecule has 2 amide bonds. The first-order chi connectivity index (χ1) is 12.8. The lowest BCUT2D eigenvalue weighted by Crippen LogP contribution is -2.49. The molecule has 1 aromatic carbocycles. The van der Waals surface area contributed by atoms with Crippen molar-refractivity contribution in [2.24, 2.45) is 0 Å². The first-order valence-electron chi connectivity index (χ1n) is 8.79. The molecule has 0 unspecified atom stereocenters. The number of piperidine rings is 1. The Morgan fingerprint density at radius 2 is 1.93 bits per heavy atom. The van der Waals surface area contributed by atoms with Gasteiger partial charge in [0.05, 0.1) is 4.92 Å². The molecule has 9 nitrogen and oxygen atoms in total. The van der Waals surface area contributed by atoms with Crippen LogP contribution in [0.4, 0.5) is 5.69 Å². The molecule has 9 heteroatoms. The number of nitrogens with zero attached hydrogens (tertiary/aromatic N) is 2. The Morgan fingerprint density at radius 3 is 2.56 bits per heavy atom. The lowest BCUT2D eigenvalue weighted by atomic mass is 9.97. The SMILES string of the molecule is C[C@@H]1CCC[C@H](C)N1C(=O)COC(=O)CNC(=O)c1cccc([N+](=O)[O-])c1. The van der Waals surface area contributed by atoms with Crippen LogP contribution in [0.15, 0.2) is 24.3 Å². The summed E-state index contributed by atoms with van der Waals surface area (Å²) in [6.45, 7) is 3.13. The molecule has 2 rings (SSSR count). The number of ether oxygens (including phenoxy) is 1. The highest BCUT2D eigenvalue weighted by Gasteiger charge is 2.29. The summed E-state index contributed by atoms with van der Waals surface area (Å²) < 4.78 is 4.95. The summed E-state index contributed by atoms with van der Waals surface area (Å²) in [7, 11) is 0. The molecular weight excluding hydrogens is 354 g/mol. The van der Waals surface area contributed by atoms with Crippen molar-refractivity contribution >= 4 is 23.5 Å². The van der Waals surface area contributed by atoms with E-state index in [-0.39, 0.29) is 35.8 Å². The molecule has 1 aromatic rings. The number of carbonyl (C=O) groups excluding carboxylic acids is 3. The summed E-state index contributed by atoms with van der Waals surface area (Å²) in [5, 5.41) is 13.1. The fourth-order valence-electron chi connectivity index (χ4n) is 3.20. The Labute approximate surface area is 156 Å². The van der Waals surface area contributed by atoms with Gasteiger partial charge in [0.15, 0.2) is 6.61 Å². The van der Waals surface area contributed by atoms with Gasteiger partial charge in [0.2, 0.25) is 0 Å². The van der Waals surface area contributed by atoms with E-state index in [2.05, 4.69) is 5.32 Å². The number of hydrogen-bond donors (Lipinski definition) is 1. The first-order valence-corrected chi connectivity index (χ1v) is 8.79. The van der Waals surface area contributed by atoms with Crippen molar-refractivity contribution in [3.05, 3.63) is 39.9 Å². The number of esters is 1. The summed E-state index contributed by atoms with van der Waals surface area (Å²) in [5.41, 5.74) is -0.162. The molecule has 1 aliphatic rings. The zero-order chi connectivity index (χ0) is 20.0. The summed E-state index contributed by atoms with van der Waals surface area (Å²) in [5.74, 6) is -1.65. The average molecular weight is 377 g/mol. The number of nitro groups is 1. The van der Waals surface area contributed by atoms with Gasteiger partial charge in [-0.1, -0.05) is 6.07 Å². The van der Waals surface area contributed by atoms with Gasteiger partial charge in [-0.2, -0.15) is 0 Å². The quantitative estimate of drug-likeness (QED) is 0.457. The van der Waals surface area contributed by atoms with Crippen LogP contribution in [-0.4, -0.2) is 52.8 Å². The third-order valence-corrected chi connectivity index (χ3v) is 4.55. The highest BCUT2D eigenvalue weighted by molar-refractivity contribution is 5.96. The summed E-state index contributed by atoms with van der Waals surface area (Å²) >= 11 is 0. The number of likely N-dealkylation sites (tertiary alicyclic amines) is 1. The Bertz CT molecular complexity index is 726. The van der Waals surface area contributed by atoms with Crippen LogP contribution < -0.4 is 5.32 Å². The highest BCUT2D eigenvalue weighted by atomic mass is 16.6. The van der Waals surface area contributed by atoms with Crippen LogP contribution in [0.1, 0.15) is 43.5 Å². The van der Waals surface area contributed by atoms with Gasteiger partial charge in [-0.3, -0.25) is 24.5 Å². The number of amides is 2. The van der Waals surface area contributed by atoms with E-state index in [9.17, 15) is 24.5 Å². The Morgan fingerprint density at radius 1 is 1.26 bits per heavy atom. The van der Waals surface area contributed by atoms with Gasteiger partial charge in [-0.25, -0.2) is 0 Å². The predicted octanol–water partition coefficient (Wildman–Crippen LogP) is 1.66. The topological polar surface area (TPSA) is 119 Å². The van der Waals surface area contributed by atoms with Crippen LogP contribution in [0.3, 0.4) is 0 Å². The summed E-state index contributed by atoms with van der Waals surface area (Å²) in [4.78, 5) is 47.9. The lowest BCUT2D eigenvalue weighted by Gasteiger charge is -2.38. The van der Waals surface area contributed by atoms with E-state index in [4.69, 9.17) is 4.74 Å². The number of carbonyl (C=O) groups is 3. The maximum Gasteiger partial charge on any atom is 0.325 e. The molecule has 0 spiro atoms. The van der Waals surface area contributed by atoms with E-state index < -0.39 is 23.3 Å². The van der Waals surface area contributed by atoms with Crippen molar-refractivity contribution in [1.82, 2.24) is 10.2 Å². The van der Waals surface area contributed by atoms with Gasteiger partial charge in [-0.15, -0.1) is 0 Å². The maximum atomic E-state index is 12.3. The monoisotopic (exact) mass is 377 g/mol. The summed E-state index contributed by atoms with van der Waals surface area (Å²) in [6, 6.07) is 5.37. The van der Waals surface area contributed by atoms with E-state index in [0.717, 1.165) is 25.3 Å². The molecule has 1 fully saturated rings. The molecule has 2 atom stereocenters. The van der Waals surface area contributed by atoms with Crippen LogP contribution in [0.25, 0.3) is 0 Å². The van der Waals surface area contributed by atoms with E-state index in [1.807, 2.05) is 13.8 Å². The van der Waals surface area contributed by atoms with E-state index in [0.29, 0.717) is 0 Å². The number of rotatable bonds is 6. The van der Waals surface area contributed by atoms with E-state index in [1.165, 1.54) is 18.2 Å². The van der Waals surface area contributed by atoms with Crippen molar-refractivity contribution < 1.29 is 24.0 Å². The average Bonchev–Trinajstić information content (AvgIpc) is 2.64. The van der Waals surface area contributed by atoms with Crippen molar-refractivity contribution in [3.63, 3.8) is 0 Å². The largest absolute Gasteiger partial charge is 0.454 e. The van der Waals surface area contributed by atoms with Crippen LogP contribution >= 0.6 is 0 Å². The highest BCUT2D eigenvalue weighted by Crippen LogP contribution is 2.22. The van der Waals surface area contributed by atoms with Crippen LogP contribution in [0.5, 0.6) is 0 Å². The van der Waals surface area contributed by atoms with Gasteiger partial charge < -0.3 is 15.0 Å². The Balaban J connectivity index is 1.80. The smallest absolute Gasteiger partial charge is 0.325 e. The molecule has 27 heavy (non-hydrogen) atoms. The molecule has 0 saturated carbocycles. The van der Waals surface area contributed by atoms with Crippen molar-refractivity contribution in [3.8, 4) is 0 Å². The minimum absolute atomic E-state index is 0.0593. The standard InChI is InChI=1S/C18H23N3O6/c1-12-5-3-6-13(2)20(12)16(22)11-27-17(23)10-19-18(24)14-7-4-8-15(9-14)21(25)26/h4,7-9,12-13H,3,5-6,10-11H2,1-2H3,(H,19,24)/t12-,13+. The third-order valence-electron chi connectivity index (χ3n) is 4.55. The summed E-state index contributed by atoms with van der Waals surface area (Å²) in [6.07, 6.45) is 2.90. The molecule has 146 valence electrons. The van der Waals surface area contributed by atoms with Crippen LogP contribution in [-0.2, 0) is 14.3 Å². The first kappa shape index (κ1) is 20.3. The van der Waals surface area contributed by atoms with Gasteiger partial charge in [0.1, 0.15) is 6.54 Å². The molecule has 1 N–H and O–H groups in total. The Hall–Kier alpha value is -2.97. The molecular formula is C18H23N3O6. The second-order valence-corrected chi connectivity index (χ2v) is 6.58. The minimum atomic E-state index is -0.751. The molecule has 1 heterocycles. The number of nitrogens with one attached hydrogen (secondary N) is 1. The molecule has 0 aromatic heterocycles. The molecule has 0 aliphatic carbocycles. The maximum absolute atomic E-state index is 12.3. The van der Waals surface area contributed by atoms with Crippen molar-refractivity contribution in [2.75, 3.05) is 13.2 Å². The lowest BCUT2D eigenvalue weighted by molar-refractivity contribution is -0.384. The van der Waals surface area contributed by atoms with Gasteiger partial charge in [-0.05, 0) is 39.2 Å². The third kappa shape index (κ3) is 5.50. The fourth-order valence-corrected chi connectivity index (χ4v) is 3.20. The zero-order valence-corrected chi connectivity index (χ0v) is 15.3. The second-order valence-electron chi connectivity index (χ2n) is 6.58. The number of non-ortho nitro benzene ring substituents is 1. The van der Waals surface area contributed by atoms with Gasteiger partial charge >= 0.3 is 5.97 Å². The van der Waals surface area contributed by atoms with E-state index >= 15 is 0 Å². The molecule has 1 saturated heterocycles. The minimum Gasteiger partial charge on any atom is -0.454 e. The zero-order valence-electron chi connectivity index (χ0n) is 15.3. The normalized spacial score (nSPS) is 19.3. The molecule has 1 aliphatic heterocycles. The van der Waals surface area contributed by atoms with E-state index in [1.54, 1.807) is 4.90 Å². The number of hydrogen-bond acceptors (Lipinski definition) is 6. The number of nitro benzene ring substituents is 1. The van der Waals surface area contributed by atoms with Gasteiger partial charge in [0, 0.05) is 29.8 Å². The second kappa shape index (κ2) is 9.11. The number of benzene rings is 1. The van der Waals surface area contributed by atoms with Crippen LogP contribution in [0.2, 0.25) is 0 Å². The molecule has 0 radical (unpaired) electrons. The Kier molecular flexibility index (Phi) is 6.86. The van der Waals surface area contributed by atoms with Crippen LogP contribution in [0, 0.1) is 10.1 Å². The van der Waals surface area contributed by atoms with Crippen molar-refractivity contribution in [2.45, 2.75) is 45.2 Å². The molecule has 0 bridgehead atoms.